The van der Waals surface area contributed by atoms with E-state index in [1.165, 1.54) is 13.5 Å². The second kappa shape index (κ2) is 8.48. The van der Waals surface area contributed by atoms with E-state index in [9.17, 15) is 4.79 Å². The van der Waals surface area contributed by atoms with E-state index in [2.05, 4.69) is 11.8 Å². The zero-order chi connectivity index (χ0) is 12.5. The second-order valence-corrected chi connectivity index (χ2v) is 4.63. The second-order valence-electron chi connectivity index (χ2n) is 4.63. The maximum absolute atomic E-state index is 11.4. The third kappa shape index (κ3) is 5.50. The Morgan fingerprint density at radius 1 is 1.41 bits per heavy atom. The van der Waals surface area contributed by atoms with Crippen LogP contribution in [0.2, 0.25) is 0 Å². The molecule has 1 aliphatic heterocycles. The van der Waals surface area contributed by atoms with Crippen LogP contribution in [0.4, 0.5) is 0 Å². The minimum absolute atomic E-state index is 0.0596. The predicted molar refractivity (Wildman–Crippen MR) is 66.9 cm³/mol. The largest absolute Gasteiger partial charge is 0.469 e. The molecule has 1 atom stereocenters. The number of ether oxygens (including phenoxy) is 2. The average molecular weight is 243 g/mol. The Morgan fingerprint density at radius 2 is 2.24 bits per heavy atom. The number of methoxy groups -OCH3 is 1. The van der Waals surface area contributed by atoms with Gasteiger partial charge in [-0.2, -0.15) is 0 Å². The fraction of sp³-hybridized carbons (Fsp3) is 0.923. The first kappa shape index (κ1) is 14.5. The van der Waals surface area contributed by atoms with Gasteiger partial charge < -0.3 is 14.4 Å². The number of rotatable bonds is 7. The molecule has 1 rings (SSSR count). The summed E-state index contributed by atoms with van der Waals surface area (Å²) in [5.74, 6) is -0.00834. The van der Waals surface area contributed by atoms with Crippen LogP contribution in [0.5, 0.6) is 0 Å². The molecule has 0 aromatic heterocycles. The van der Waals surface area contributed by atoms with Crippen LogP contribution < -0.4 is 0 Å². The molecule has 0 saturated carbocycles. The third-order valence-electron chi connectivity index (χ3n) is 3.23. The summed E-state index contributed by atoms with van der Waals surface area (Å²) in [5, 5.41) is 0. The third-order valence-corrected chi connectivity index (χ3v) is 3.23. The van der Waals surface area contributed by atoms with Gasteiger partial charge in [-0.1, -0.05) is 13.3 Å². The number of carbonyl (C=O) groups is 1. The summed E-state index contributed by atoms with van der Waals surface area (Å²) >= 11 is 0. The molecule has 100 valence electrons. The highest BCUT2D eigenvalue weighted by molar-refractivity contribution is 5.72. The number of hydrogen-bond donors (Lipinski definition) is 0. The van der Waals surface area contributed by atoms with Crippen molar-refractivity contribution in [2.75, 3.05) is 40.0 Å². The van der Waals surface area contributed by atoms with Gasteiger partial charge in [-0.25, -0.2) is 0 Å². The molecular formula is C13H25NO3. The number of unbranched alkanes of at least 4 members (excludes halogenated alkanes) is 1. The van der Waals surface area contributed by atoms with E-state index >= 15 is 0 Å². The molecule has 1 fully saturated rings. The van der Waals surface area contributed by atoms with Gasteiger partial charge in [0, 0.05) is 19.7 Å². The molecular weight excluding hydrogens is 218 g/mol. The molecule has 1 aliphatic rings. The summed E-state index contributed by atoms with van der Waals surface area (Å²) in [6, 6.07) is 0. The van der Waals surface area contributed by atoms with Crippen molar-refractivity contribution in [3.05, 3.63) is 0 Å². The number of likely N-dealkylation sites (tertiary alicyclic amines) is 1. The maximum atomic E-state index is 11.4. The lowest BCUT2D eigenvalue weighted by Crippen LogP contribution is -2.40. The molecule has 1 unspecified atom stereocenters. The lowest BCUT2D eigenvalue weighted by Gasteiger charge is -2.31. The van der Waals surface area contributed by atoms with Crippen LogP contribution in [0, 0.1) is 5.92 Å². The van der Waals surface area contributed by atoms with Gasteiger partial charge in [-0.05, 0) is 25.8 Å². The lowest BCUT2D eigenvalue weighted by molar-refractivity contribution is -0.147. The van der Waals surface area contributed by atoms with Crippen molar-refractivity contribution in [1.82, 2.24) is 4.90 Å². The molecule has 0 aromatic rings. The highest BCUT2D eigenvalue weighted by atomic mass is 16.5. The van der Waals surface area contributed by atoms with Gasteiger partial charge in [0.2, 0.25) is 0 Å². The zero-order valence-corrected chi connectivity index (χ0v) is 11.1. The molecule has 0 bridgehead atoms. The highest BCUT2D eigenvalue weighted by Crippen LogP contribution is 2.17. The number of hydrogen-bond acceptors (Lipinski definition) is 4. The average Bonchev–Trinajstić information content (AvgIpc) is 2.38. The van der Waals surface area contributed by atoms with E-state index in [0.29, 0.717) is 0 Å². The van der Waals surface area contributed by atoms with E-state index in [4.69, 9.17) is 9.47 Å². The van der Waals surface area contributed by atoms with Gasteiger partial charge in [-0.3, -0.25) is 4.79 Å². The molecule has 0 aliphatic carbocycles. The Morgan fingerprint density at radius 3 is 2.94 bits per heavy atom. The van der Waals surface area contributed by atoms with Crippen LogP contribution in [0.15, 0.2) is 0 Å². The quantitative estimate of drug-likeness (QED) is 0.504. The van der Waals surface area contributed by atoms with Gasteiger partial charge in [0.15, 0.2) is 0 Å². The molecule has 4 heteroatoms. The highest BCUT2D eigenvalue weighted by Gasteiger charge is 2.25. The number of esters is 1. The maximum Gasteiger partial charge on any atom is 0.309 e. The van der Waals surface area contributed by atoms with Crippen molar-refractivity contribution < 1.29 is 14.3 Å². The molecule has 0 aromatic carbocycles. The van der Waals surface area contributed by atoms with Crippen molar-refractivity contribution in [2.24, 2.45) is 5.92 Å². The predicted octanol–water partition coefficient (Wildman–Crippen LogP) is 1.69. The van der Waals surface area contributed by atoms with Gasteiger partial charge in [-0.15, -0.1) is 0 Å². The molecule has 0 radical (unpaired) electrons. The first-order valence-electron chi connectivity index (χ1n) is 6.65. The Hall–Kier alpha value is -0.610. The summed E-state index contributed by atoms with van der Waals surface area (Å²) in [7, 11) is 1.47. The van der Waals surface area contributed by atoms with E-state index in [1.807, 2.05) is 0 Å². The minimum atomic E-state index is -0.0680. The minimum Gasteiger partial charge on any atom is -0.469 e. The normalized spacial score (nSPS) is 21.4. The van der Waals surface area contributed by atoms with E-state index in [-0.39, 0.29) is 11.9 Å². The lowest BCUT2D eigenvalue weighted by atomic mass is 9.98. The SMILES string of the molecule is CCCCOCCN1CCCC(C(=O)OC)C1. The fourth-order valence-corrected chi connectivity index (χ4v) is 2.16. The summed E-state index contributed by atoms with van der Waals surface area (Å²) in [5.41, 5.74) is 0. The van der Waals surface area contributed by atoms with E-state index < -0.39 is 0 Å². The van der Waals surface area contributed by atoms with Gasteiger partial charge in [0.25, 0.3) is 0 Å². The molecule has 1 heterocycles. The van der Waals surface area contributed by atoms with Crippen LogP contribution in [0.25, 0.3) is 0 Å². The molecule has 1 saturated heterocycles. The first-order valence-corrected chi connectivity index (χ1v) is 6.65. The standard InChI is InChI=1S/C13H25NO3/c1-3-4-9-17-10-8-14-7-5-6-12(11-14)13(15)16-2/h12H,3-11H2,1-2H3. The van der Waals surface area contributed by atoms with Crippen LogP contribution in [0.1, 0.15) is 32.6 Å². The first-order chi connectivity index (χ1) is 8.27. The summed E-state index contributed by atoms with van der Waals surface area (Å²) in [6.45, 7) is 6.61. The Bertz CT molecular complexity index is 221. The van der Waals surface area contributed by atoms with E-state index in [1.54, 1.807) is 0 Å². The zero-order valence-electron chi connectivity index (χ0n) is 11.1. The van der Waals surface area contributed by atoms with Crippen LogP contribution >= 0.6 is 0 Å². The smallest absolute Gasteiger partial charge is 0.309 e. The van der Waals surface area contributed by atoms with Crippen molar-refractivity contribution >= 4 is 5.97 Å². The summed E-state index contributed by atoms with van der Waals surface area (Å²) in [4.78, 5) is 13.8. The Kier molecular flexibility index (Phi) is 7.21. The number of nitrogens with zero attached hydrogens (tertiary/aromatic N) is 1. The molecule has 4 nitrogen and oxygen atoms in total. The van der Waals surface area contributed by atoms with E-state index in [0.717, 1.165) is 52.1 Å². The fourth-order valence-electron chi connectivity index (χ4n) is 2.16. The van der Waals surface area contributed by atoms with Crippen molar-refractivity contribution in [2.45, 2.75) is 32.6 Å². The van der Waals surface area contributed by atoms with Gasteiger partial charge in [0.1, 0.15) is 0 Å². The van der Waals surface area contributed by atoms with Crippen molar-refractivity contribution in [1.29, 1.82) is 0 Å². The van der Waals surface area contributed by atoms with Gasteiger partial charge >= 0.3 is 5.97 Å². The molecule has 17 heavy (non-hydrogen) atoms. The molecule has 0 spiro atoms. The van der Waals surface area contributed by atoms with Crippen molar-refractivity contribution in [3.63, 3.8) is 0 Å². The number of carbonyl (C=O) groups excluding carboxylic acids is 1. The van der Waals surface area contributed by atoms with Gasteiger partial charge in [0.05, 0.1) is 19.6 Å². The molecule has 0 N–H and O–H groups in total. The topological polar surface area (TPSA) is 38.8 Å². The van der Waals surface area contributed by atoms with Crippen LogP contribution in [-0.2, 0) is 14.3 Å². The summed E-state index contributed by atoms with van der Waals surface area (Å²) in [6.07, 6.45) is 4.34. The monoisotopic (exact) mass is 243 g/mol. The Balaban J connectivity index is 2.14. The Labute approximate surface area is 104 Å². The summed E-state index contributed by atoms with van der Waals surface area (Å²) < 4.78 is 10.3. The van der Waals surface area contributed by atoms with Crippen LogP contribution in [0.3, 0.4) is 0 Å². The molecule has 0 amide bonds. The van der Waals surface area contributed by atoms with Crippen molar-refractivity contribution in [3.8, 4) is 0 Å². The van der Waals surface area contributed by atoms with Crippen LogP contribution in [-0.4, -0.2) is 50.8 Å². The number of piperidine rings is 1.